The van der Waals surface area contributed by atoms with Gasteiger partial charge in [-0.1, -0.05) is 12.1 Å². The number of para-hydroxylation sites is 1. The molecule has 0 spiro atoms. The van der Waals surface area contributed by atoms with Crippen molar-refractivity contribution in [2.75, 3.05) is 35.8 Å². The second-order valence-corrected chi connectivity index (χ2v) is 6.70. The molecule has 0 radical (unpaired) electrons. The summed E-state index contributed by atoms with van der Waals surface area (Å²) in [5, 5.41) is 3.27. The van der Waals surface area contributed by atoms with Crippen LogP contribution < -0.4 is 14.9 Å². The zero-order valence-electron chi connectivity index (χ0n) is 12.1. The molecular weight excluding hydrogens is 300 g/mol. The fourth-order valence-electron chi connectivity index (χ4n) is 2.48. The Morgan fingerprint density at radius 3 is 2.59 bits per heavy atom. The molecule has 0 amide bonds. The van der Waals surface area contributed by atoms with Gasteiger partial charge in [-0.25, -0.2) is 8.42 Å². The highest BCUT2D eigenvalue weighted by Gasteiger charge is 2.22. The van der Waals surface area contributed by atoms with Gasteiger partial charge in [-0.2, -0.15) is 0 Å². The molecule has 1 aliphatic rings. The van der Waals surface area contributed by atoms with E-state index < -0.39 is 10.0 Å². The van der Waals surface area contributed by atoms with Gasteiger partial charge in [-0.3, -0.25) is 9.71 Å². The molecule has 1 aromatic carbocycles. The Morgan fingerprint density at radius 1 is 1.09 bits per heavy atom. The molecule has 22 heavy (non-hydrogen) atoms. The number of nitrogens with zero attached hydrogens (tertiary/aromatic N) is 2. The van der Waals surface area contributed by atoms with Crippen LogP contribution in [0.1, 0.15) is 0 Å². The summed E-state index contributed by atoms with van der Waals surface area (Å²) in [6.07, 6.45) is 3.09. The van der Waals surface area contributed by atoms with Crippen LogP contribution in [0.25, 0.3) is 0 Å². The van der Waals surface area contributed by atoms with Gasteiger partial charge >= 0.3 is 0 Å². The summed E-state index contributed by atoms with van der Waals surface area (Å²) >= 11 is 0. The van der Waals surface area contributed by atoms with E-state index >= 15 is 0 Å². The summed E-state index contributed by atoms with van der Waals surface area (Å²) in [4.78, 5) is 6.31. The van der Waals surface area contributed by atoms with Crippen molar-refractivity contribution in [3.05, 3.63) is 48.8 Å². The number of hydrogen-bond donors (Lipinski definition) is 2. The SMILES string of the molecule is O=S(=O)(Nc1cccnc1)c1ccccc1N1CCNCC1. The first-order chi connectivity index (χ1) is 10.7. The summed E-state index contributed by atoms with van der Waals surface area (Å²) in [7, 11) is -3.65. The van der Waals surface area contributed by atoms with Crippen LogP contribution >= 0.6 is 0 Å². The molecule has 0 aliphatic carbocycles. The number of hydrogen-bond acceptors (Lipinski definition) is 5. The zero-order valence-corrected chi connectivity index (χ0v) is 12.9. The second kappa shape index (κ2) is 6.33. The van der Waals surface area contributed by atoms with E-state index in [0.717, 1.165) is 31.9 Å². The number of anilines is 2. The molecule has 2 N–H and O–H groups in total. The van der Waals surface area contributed by atoms with E-state index in [9.17, 15) is 8.42 Å². The lowest BCUT2D eigenvalue weighted by Gasteiger charge is -2.30. The quantitative estimate of drug-likeness (QED) is 0.889. The fraction of sp³-hybridized carbons (Fsp3) is 0.267. The number of aromatic nitrogens is 1. The van der Waals surface area contributed by atoms with Crippen LogP contribution in [0.2, 0.25) is 0 Å². The molecule has 1 aromatic heterocycles. The molecule has 1 aliphatic heterocycles. The van der Waals surface area contributed by atoms with Crippen LogP contribution in [0.15, 0.2) is 53.7 Å². The van der Waals surface area contributed by atoms with Gasteiger partial charge in [0.2, 0.25) is 0 Å². The van der Waals surface area contributed by atoms with Crippen molar-refractivity contribution >= 4 is 21.4 Å². The zero-order chi connectivity index (χ0) is 15.4. The largest absolute Gasteiger partial charge is 0.368 e. The normalized spacial score (nSPS) is 15.5. The van der Waals surface area contributed by atoms with E-state index in [2.05, 4.69) is 19.9 Å². The van der Waals surface area contributed by atoms with Crippen molar-refractivity contribution in [3.8, 4) is 0 Å². The summed E-state index contributed by atoms with van der Waals surface area (Å²) in [6.45, 7) is 3.29. The molecule has 3 rings (SSSR count). The van der Waals surface area contributed by atoms with E-state index in [1.165, 1.54) is 6.20 Å². The van der Waals surface area contributed by atoms with Gasteiger partial charge in [0, 0.05) is 32.4 Å². The maximum absolute atomic E-state index is 12.7. The van der Waals surface area contributed by atoms with Gasteiger partial charge in [0.1, 0.15) is 4.90 Å². The molecule has 6 nitrogen and oxygen atoms in total. The third-order valence-corrected chi connectivity index (χ3v) is 4.95. The first-order valence-electron chi connectivity index (χ1n) is 7.14. The molecule has 0 atom stereocenters. The Bertz CT molecular complexity index is 728. The average molecular weight is 318 g/mol. The van der Waals surface area contributed by atoms with E-state index in [-0.39, 0.29) is 0 Å². The van der Waals surface area contributed by atoms with E-state index in [1.54, 1.807) is 30.5 Å². The van der Waals surface area contributed by atoms with Crippen LogP contribution in [0.5, 0.6) is 0 Å². The minimum Gasteiger partial charge on any atom is -0.368 e. The lowest BCUT2D eigenvalue weighted by molar-refractivity contribution is 0.581. The van der Waals surface area contributed by atoms with E-state index in [4.69, 9.17) is 0 Å². The highest BCUT2D eigenvalue weighted by molar-refractivity contribution is 7.92. The van der Waals surface area contributed by atoms with Crippen molar-refractivity contribution in [2.24, 2.45) is 0 Å². The standard InChI is InChI=1S/C15H18N4O2S/c20-22(21,18-13-4-3-7-17-12-13)15-6-2-1-5-14(15)19-10-8-16-9-11-19/h1-7,12,16,18H,8-11H2. The summed E-state index contributed by atoms with van der Waals surface area (Å²) in [5.41, 5.74) is 1.19. The smallest absolute Gasteiger partial charge is 0.264 e. The van der Waals surface area contributed by atoms with Crippen molar-refractivity contribution in [1.29, 1.82) is 0 Å². The molecule has 0 bridgehead atoms. The molecule has 0 saturated carbocycles. The Balaban J connectivity index is 1.93. The van der Waals surface area contributed by atoms with Crippen molar-refractivity contribution in [1.82, 2.24) is 10.3 Å². The van der Waals surface area contributed by atoms with E-state index in [1.807, 2.05) is 12.1 Å². The number of piperazine rings is 1. The molecule has 2 heterocycles. The number of nitrogens with one attached hydrogen (secondary N) is 2. The number of rotatable bonds is 4. The first-order valence-corrected chi connectivity index (χ1v) is 8.63. The van der Waals surface area contributed by atoms with Crippen molar-refractivity contribution < 1.29 is 8.42 Å². The maximum Gasteiger partial charge on any atom is 0.264 e. The van der Waals surface area contributed by atoms with Crippen LogP contribution in [0.4, 0.5) is 11.4 Å². The lowest BCUT2D eigenvalue weighted by Crippen LogP contribution is -2.44. The number of sulfonamides is 1. The molecule has 7 heteroatoms. The Labute approximate surface area is 130 Å². The number of pyridine rings is 1. The average Bonchev–Trinajstić information content (AvgIpc) is 2.56. The Hall–Kier alpha value is -2.12. The minimum atomic E-state index is -3.65. The summed E-state index contributed by atoms with van der Waals surface area (Å²) < 4.78 is 27.9. The molecular formula is C15H18N4O2S. The van der Waals surface area contributed by atoms with Crippen LogP contribution in [-0.4, -0.2) is 39.6 Å². The Morgan fingerprint density at radius 2 is 1.86 bits per heavy atom. The minimum absolute atomic E-state index is 0.292. The highest BCUT2D eigenvalue weighted by atomic mass is 32.2. The van der Waals surface area contributed by atoms with Gasteiger partial charge in [-0.05, 0) is 24.3 Å². The van der Waals surface area contributed by atoms with Gasteiger partial charge in [0.15, 0.2) is 0 Å². The van der Waals surface area contributed by atoms with E-state index in [0.29, 0.717) is 10.6 Å². The van der Waals surface area contributed by atoms with Gasteiger partial charge in [0.05, 0.1) is 17.6 Å². The van der Waals surface area contributed by atoms with Gasteiger partial charge < -0.3 is 10.2 Å². The Kier molecular flexibility index (Phi) is 4.26. The van der Waals surface area contributed by atoms with Crippen molar-refractivity contribution in [2.45, 2.75) is 4.90 Å². The molecule has 116 valence electrons. The van der Waals surface area contributed by atoms with Gasteiger partial charge in [0.25, 0.3) is 10.0 Å². The van der Waals surface area contributed by atoms with Crippen LogP contribution in [0.3, 0.4) is 0 Å². The summed E-state index contributed by atoms with van der Waals surface area (Å²) in [5.74, 6) is 0. The molecule has 1 saturated heterocycles. The second-order valence-electron chi connectivity index (χ2n) is 5.05. The third kappa shape index (κ3) is 3.20. The van der Waals surface area contributed by atoms with Crippen molar-refractivity contribution in [3.63, 3.8) is 0 Å². The fourth-order valence-corrected chi connectivity index (χ4v) is 3.76. The predicted octanol–water partition coefficient (Wildman–Crippen LogP) is 1.29. The summed E-state index contributed by atoms with van der Waals surface area (Å²) in [6, 6.07) is 10.5. The highest BCUT2D eigenvalue weighted by Crippen LogP contribution is 2.27. The molecule has 2 aromatic rings. The number of benzene rings is 1. The van der Waals surface area contributed by atoms with Crippen LogP contribution in [0, 0.1) is 0 Å². The third-order valence-electron chi connectivity index (χ3n) is 3.53. The predicted molar refractivity (Wildman–Crippen MR) is 86.6 cm³/mol. The van der Waals surface area contributed by atoms with Crippen LogP contribution in [-0.2, 0) is 10.0 Å². The monoisotopic (exact) mass is 318 g/mol. The molecule has 1 fully saturated rings. The topological polar surface area (TPSA) is 74.3 Å². The van der Waals surface area contributed by atoms with Gasteiger partial charge in [-0.15, -0.1) is 0 Å². The first kappa shape index (κ1) is 14.8. The lowest BCUT2D eigenvalue weighted by atomic mass is 10.2. The maximum atomic E-state index is 12.7. The molecule has 0 unspecified atom stereocenters.